The molecule has 1 unspecified atom stereocenters. The van der Waals surface area contributed by atoms with E-state index in [4.69, 9.17) is 4.74 Å². The molecule has 0 amide bonds. The van der Waals surface area contributed by atoms with E-state index in [1.54, 1.807) is 18.7 Å². The second kappa shape index (κ2) is 4.78. The number of hydrogen-bond acceptors (Lipinski definition) is 4. The summed E-state index contributed by atoms with van der Waals surface area (Å²) in [5.41, 5.74) is -0.208. The number of hydrogen-bond donors (Lipinski definition) is 1. The maximum Gasteiger partial charge on any atom is 0.138 e. The Hall–Kier alpha value is -1.88. The van der Waals surface area contributed by atoms with E-state index in [1.807, 2.05) is 31.3 Å². The second-order valence-electron chi connectivity index (χ2n) is 4.48. The van der Waals surface area contributed by atoms with Crippen molar-refractivity contribution in [1.29, 1.82) is 0 Å². The lowest BCUT2D eigenvalue weighted by atomic mass is 9.92. The molecular weight excluding hydrogens is 230 g/mol. The van der Waals surface area contributed by atoms with Crippen LogP contribution in [-0.4, -0.2) is 27.0 Å². The molecule has 1 aromatic heterocycles. The van der Waals surface area contributed by atoms with Crippen LogP contribution in [0.25, 0.3) is 0 Å². The minimum absolute atomic E-state index is 0.399. The van der Waals surface area contributed by atoms with Gasteiger partial charge in [0, 0.05) is 13.5 Å². The number of nitrogens with zero attached hydrogens (tertiary/aromatic N) is 3. The van der Waals surface area contributed by atoms with Gasteiger partial charge in [0.05, 0.1) is 12.7 Å². The molecule has 0 bridgehead atoms. The molecular formula is C13H17N3O2. The molecule has 1 heterocycles. The first-order chi connectivity index (χ1) is 8.53. The number of aryl methyl sites for hydroxylation is 1. The molecule has 5 nitrogen and oxygen atoms in total. The van der Waals surface area contributed by atoms with Gasteiger partial charge < -0.3 is 9.84 Å². The van der Waals surface area contributed by atoms with Crippen LogP contribution in [0.1, 0.15) is 18.3 Å². The third-order valence-corrected chi connectivity index (χ3v) is 3.00. The predicted octanol–water partition coefficient (Wildman–Crippen LogP) is 1.27. The summed E-state index contributed by atoms with van der Waals surface area (Å²) in [5, 5.41) is 14.6. The third kappa shape index (κ3) is 2.51. The van der Waals surface area contributed by atoms with Crippen molar-refractivity contribution in [1.82, 2.24) is 14.8 Å². The molecule has 0 saturated heterocycles. The van der Waals surface area contributed by atoms with Gasteiger partial charge in [-0.25, -0.2) is 4.98 Å². The van der Waals surface area contributed by atoms with E-state index < -0.39 is 5.60 Å². The van der Waals surface area contributed by atoms with Crippen molar-refractivity contribution < 1.29 is 9.84 Å². The molecule has 0 fully saturated rings. The summed E-state index contributed by atoms with van der Waals surface area (Å²) in [5.74, 6) is 1.47. The molecule has 0 radical (unpaired) electrons. The Labute approximate surface area is 106 Å². The maximum atomic E-state index is 10.6. The van der Waals surface area contributed by atoms with E-state index in [2.05, 4.69) is 10.1 Å². The summed E-state index contributed by atoms with van der Waals surface area (Å²) in [6.07, 6.45) is 1.88. The SMILES string of the molecule is COc1cccc(C(C)(O)Cc2ncnn2C)c1. The summed E-state index contributed by atoms with van der Waals surface area (Å²) in [4.78, 5) is 4.13. The van der Waals surface area contributed by atoms with Gasteiger partial charge in [-0.05, 0) is 24.6 Å². The Balaban J connectivity index is 2.27. The van der Waals surface area contributed by atoms with Gasteiger partial charge in [0.15, 0.2) is 0 Å². The lowest BCUT2D eigenvalue weighted by Crippen LogP contribution is -2.26. The fourth-order valence-corrected chi connectivity index (χ4v) is 1.85. The Morgan fingerprint density at radius 3 is 2.83 bits per heavy atom. The van der Waals surface area contributed by atoms with Crippen LogP contribution in [0.2, 0.25) is 0 Å². The maximum absolute atomic E-state index is 10.6. The highest BCUT2D eigenvalue weighted by Crippen LogP contribution is 2.27. The highest BCUT2D eigenvalue weighted by molar-refractivity contribution is 5.32. The van der Waals surface area contributed by atoms with Crippen LogP contribution in [0.5, 0.6) is 5.75 Å². The van der Waals surface area contributed by atoms with Crippen molar-refractivity contribution in [2.45, 2.75) is 18.9 Å². The largest absolute Gasteiger partial charge is 0.497 e. The molecule has 2 rings (SSSR count). The first kappa shape index (κ1) is 12.6. The summed E-state index contributed by atoms with van der Waals surface area (Å²) >= 11 is 0. The Bertz CT molecular complexity index is 535. The third-order valence-electron chi connectivity index (χ3n) is 3.00. The molecule has 96 valence electrons. The Morgan fingerprint density at radius 2 is 2.22 bits per heavy atom. The summed E-state index contributed by atoms with van der Waals surface area (Å²) in [6.45, 7) is 1.76. The number of ether oxygens (including phenoxy) is 1. The molecule has 0 aliphatic rings. The highest BCUT2D eigenvalue weighted by Gasteiger charge is 2.26. The molecule has 0 spiro atoms. The van der Waals surface area contributed by atoms with Gasteiger partial charge in [0.2, 0.25) is 0 Å². The number of methoxy groups -OCH3 is 1. The van der Waals surface area contributed by atoms with Gasteiger partial charge in [0.1, 0.15) is 17.9 Å². The van der Waals surface area contributed by atoms with E-state index in [0.29, 0.717) is 6.42 Å². The molecule has 0 saturated carbocycles. The van der Waals surface area contributed by atoms with Gasteiger partial charge in [0.25, 0.3) is 0 Å². The van der Waals surface area contributed by atoms with E-state index in [1.165, 1.54) is 6.33 Å². The normalized spacial score (nSPS) is 14.2. The van der Waals surface area contributed by atoms with Crippen molar-refractivity contribution in [2.24, 2.45) is 7.05 Å². The average molecular weight is 247 g/mol. The monoisotopic (exact) mass is 247 g/mol. The van der Waals surface area contributed by atoms with Gasteiger partial charge >= 0.3 is 0 Å². The lowest BCUT2D eigenvalue weighted by molar-refractivity contribution is 0.0543. The van der Waals surface area contributed by atoms with Gasteiger partial charge in [-0.3, -0.25) is 4.68 Å². The minimum Gasteiger partial charge on any atom is -0.497 e. The molecule has 5 heteroatoms. The summed E-state index contributed by atoms with van der Waals surface area (Å²) in [6, 6.07) is 7.41. The summed E-state index contributed by atoms with van der Waals surface area (Å²) in [7, 11) is 3.42. The predicted molar refractivity (Wildman–Crippen MR) is 67.3 cm³/mol. The van der Waals surface area contributed by atoms with Gasteiger partial charge in [-0.2, -0.15) is 5.10 Å². The molecule has 1 N–H and O–H groups in total. The topological polar surface area (TPSA) is 60.2 Å². The van der Waals surface area contributed by atoms with Crippen LogP contribution in [-0.2, 0) is 19.1 Å². The first-order valence-electron chi connectivity index (χ1n) is 5.73. The van der Waals surface area contributed by atoms with Crippen molar-refractivity contribution in [3.63, 3.8) is 0 Å². The highest BCUT2D eigenvalue weighted by atomic mass is 16.5. The van der Waals surface area contributed by atoms with E-state index >= 15 is 0 Å². The minimum atomic E-state index is -1.00. The number of aliphatic hydroxyl groups is 1. The van der Waals surface area contributed by atoms with Gasteiger partial charge in [-0.15, -0.1) is 0 Å². The molecule has 1 aromatic carbocycles. The van der Waals surface area contributed by atoms with Crippen molar-refractivity contribution in [3.05, 3.63) is 42.0 Å². The number of rotatable bonds is 4. The molecule has 1 atom stereocenters. The Morgan fingerprint density at radius 1 is 1.44 bits per heavy atom. The quantitative estimate of drug-likeness (QED) is 0.884. The fourth-order valence-electron chi connectivity index (χ4n) is 1.85. The van der Waals surface area contributed by atoms with Crippen molar-refractivity contribution in [2.75, 3.05) is 7.11 Å². The van der Waals surface area contributed by atoms with Crippen LogP contribution in [0.4, 0.5) is 0 Å². The van der Waals surface area contributed by atoms with E-state index in [0.717, 1.165) is 17.1 Å². The number of benzene rings is 1. The molecule has 2 aromatic rings. The zero-order valence-electron chi connectivity index (χ0n) is 10.8. The number of aromatic nitrogens is 3. The van der Waals surface area contributed by atoms with Crippen LogP contribution >= 0.6 is 0 Å². The van der Waals surface area contributed by atoms with Crippen molar-refractivity contribution >= 4 is 0 Å². The van der Waals surface area contributed by atoms with E-state index in [9.17, 15) is 5.11 Å². The first-order valence-corrected chi connectivity index (χ1v) is 5.73. The van der Waals surface area contributed by atoms with Crippen LogP contribution in [0.3, 0.4) is 0 Å². The zero-order chi connectivity index (χ0) is 13.2. The zero-order valence-corrected chi connectivity index (χ0v) is 10.8. The van der Waals surface area contributed by atoms with Crippen LogP contribution in [0, 0.1) is 0 Å². The second-order valence-corrected chi connectivity index (χ2v) is 4.48. The van der Waals surface area contributed by atoms with Crippen LogP contribution < -0.4 is 4.74 Å². The summed E-state index contributed by atoms with van der Waals surface area (Å²) < 4.78 is 6.83. The fraction of sp³-hybridized carbons (Fsp3) is 0.385. The standard InChI is InChI=1S/C13H17N3O2/c1-13(17,8-12-14-9-15-16(12)2)10-5-4-6-11(7-10)18-3/h4-7,9,17H,8H2,1-3H3. The van der Waals surface area contributed by atoms with Crippen LogP contribution in [0.15, 0.2) is 30.6 Å². The van der Waals surface area contributed by atoms with Crippen molar-refractivity contribution in [3.8, 4) is 5.75 Å². The smallest absolute Gasteiger partial charge is 0.138 e. The lowest BCUT2D eigenvalue weighted by Gasteiger charge is -2.23. The molecule has 0 aliphatic heterocycles. The van der Waals surface area contributed by atoms with Gasteiger partial charge in [-0.1, -0.05) is 12.1 Å². The molecule has 18 heavy (non-hydrogen) atoms. The molecule has 0 aliphatic carbocycles. The average Bonchev–Trinajstić information content (AvgIpc) is 2.74. The Kier molecular flexibility index (Phi) is 3.34. The van der Waals surface area contributed by atoms with E-state index in [-0.39, 0.29) is 0 Å².